The summed E-state index contributed by atoms with van der Waals surface area (Å²) in [7, 11) is 0. The zero-order chi connectivity index (χ0) is 6.81. The average molecular weight is 133 g/mol. The van der Waals surface area contributed by atoms with Gasteiger partial charge in [0.05, 0.1) is 6.54 Å². The zero-order valence-electron chi connectivity index (χ0n) is 5.67. The number of nitrogens with zero attached hydrogens (tertiary/aromatic N) is 1. The monoisotopic (exact) mass is 133 g/mol. The molecule has 0 bridgehead atoms. The molecule has 0 spiro atoms. The summed E-state index contributed by atoms with van der Waals surface area (Å²) in [5, 5.41) is 7.40. The predicted molar refractivity (Wildman–Crippen MR) is 40.3 cm³/mol. The minimum Gasteiger partial charge on any atom is -0.383 e. The lowest BCUT2D eigenvalue weighted by atomic mass is 10.1. The summed E-state index contributed by atoms with van der Waals surface area (Å²) in [5.41, 5.74) is 2.53. The predicted octanol–water partition coefficient (Wildman–Crippen LogP) is 0.532. The SMILES string of the molecule is C1=CC2=C(C[N]C=C2)NC1. The first-order chi connectivity index (χ1) is 4.97. The third kappa shape index (κ3) is 0.817. The van der Waals surface area contributed by atoms with Gasteiger partial charge in [-0.05, 0) is 11.6 Å². The van der Waals surface area contributed by atoms with Gasteiger partial charge in [-0.25, -0.2) is 0 Å². The van der Waals surface area contributed by atoms with Gasteiger partial charge in [-0.3, -0.25) is 5.32 Å². The molecule has 2 heteroatoms. The maximum absolute atomic E-state index is 4.13. The van der Waals surface area contributed by atoms with Crippen molar-refractivity contribution >= 4 is 0 Å². The van der Waals surface area contributed by atoms with Gasteiger partial charge in [0.25, 0.3) is 0 Å². The largest absolute Gasteiger partial charge is 0.383 e. The van der Waals surface area contributed by atoms with E-state index in [1.54, 1.807) is 0 Å². The van der Waals surface area contributed by atoms with Gasteiger partial charge in [0.1, 0.15) is 0 Å². The molecule has 1 N–H and O–H groups in total. The number of nitrogens with one attached hydrogen (secondary N) is 1. The smallest absolute Gasteiger partial charge is 0.0792 e. The van der Waals surface area contributed by atoms with Crippen LogP contribution in [-0.2, 0) is 0 Å². The molecule has 2 rings (SSSR count). The van der Waals surface area contributed by atoms with E-state index in [2.05, 4.69) is 22.8 Å². The van der Waals surface area contributed by atoms with E-state index in [0.29, 0.717) is 0 Å². The normalized spacial score (nSPS) is 21.6. The van der Waals surface area contributed by atoms with Gasteiger partial charge in [0.2, 0.25) is 0 Å². The number of hydrogen-bond donors (Lipinski definition) is 1. The maximum Gasteiger partial charge on any atom is 0.0792 e. The van der Waals surface area contributed by atoms with Crippen LogP contribution in [0.5, 0.6) is 0 Å². The fourth-order valence-corrected chi connectivity index (χ4v) is 1.15. The second-order valence-electron chi connectivity index (χ2n) is 2.37. The first-order valence-corrected chi connectivity index (χ1v) is 3.43. The molecule has 2 aliphatic rings. The van der Waals surface area contributed by atoms with E-state index < -0.39 is 0 Å². The Morgan fingerprint density at radius 3 is 3.30 bits per heavy atom. The fraction of sp³-hybridized carbons (Fsp3) is 0.250. The van der Waals surface area contributed by atoms with Crippen LogP contribution in [0.25, 0.3) is 0 Å². The second-order valence-corrected chi connectivity index (χ2v) is 2.37. The lowest BCUT2D eigenvalue weighted by molar-refractivity contribution is 0.769. The van der Waals surface area contributed by atoms with Crippen molar-refractivity contribution in [2.24, 2.45) is 0 Å². The Bertz CT molecular complexity index is 201. The van der Waals surface area contributed by atoms with Crippen molar-refractivity contribution < 1.29 is 0 Å². The van der Waals surface area contributed by atoms with Gasteiger partial charge in [-0.1, -0.05) is 12.2 Å². The van der Waals surface area contributed by atoms with E-state index in [1.807, 2.05) is 12.3 Å². The first-order valence-electron chi connectivity index (χ1n) is 3.43. The topological polar surface area (TPSA) is 26.1 Å². The highest BCUT2D eigenvalue weighted by molar-refractivity contribution is 5.40. The molecule has 51 valence electrons. The highest BCUT2D eigenvalue weighted by atomic mass is 15.0. The molecule has 10 heavy (non-hydrogen) atoms. The van der Waals surface area contributed by atoms with Crippen LogP contribution in [0, 0.1) is 0 Å². The Kier molecular flexibility index (Phi) is 1.24. The van der Waals surface area contributed by atoms with Crippen molar-refractivity contribution in [1.82, 2.24) is 10.6 Å². The summed E-state index contributed by atoms with van der Waals surface area (Å²) in [4.78, 5) is 0. The Morgan fingerprint density at radius 2 is 2.40 bits per heavy atom. The quantitative estimate of drug-likeness (QED) is 0.512. The highest BCUT2D eigenvalue weighted by Crippen LogP contribution is 2.11. The van der Waals surface area contributed by atoms with Crippen LogP contribution in [0.1, 0.15) is 0 Å². The molecule has 0 unspecified atom stereocenters. The van der Waals surface area contributed by atoms with Crippen molar-refractivity contribution in [3.8, 4) is 0 Å². The lowest BCUT2D eigenvalue weighted by Gasteiger charge is -2.17. The van der Waals surface area contributed by atoms with Crippen LogP contribution in [-0.4, -0.2) is 13.1 Å². The molecular formula is C8H9N2. The summed E-state index contributed by atoms with van der Waals surface area (Å²) in [6, 6.07) is 0. The van der Waals surface area contributed by atoms with E-state index in [9.17, 15) is 0 Å². The molecule has 2 aliphatic heterocycles. The Morgan fingerprint density at radius 1 is 1.40 bits per heavy atom. The Hall–Kier alpha value is -1.18. The summed E-state index contributed by atoms with van der Waals surface area (Å²) >= 11 is 0. The number of hydrogen-bond acceptors (Lipinski definition) is 1. The van der Waals surface area contributed by atoms with Crippen LogP contribution in [0.2, 0.25) is 0 Å². The van der Waals surface area contributed by atoms with E-state index in [0.717, 1.165) is 13.1 Å². The third-order valence-corrected chi connectivity index (χ3v) is 1.69. The molecule has 0 aliphatic carbocycles. The van der Waals surface area contributed by atoms with E-state index in [-0.39, 0.29) is 0 Å². The van der Waals surface area contributed by atoms with Crippen molar-refractivity contribution in [3.05, 3.63) is 35.7 Å². The van der Waals surface area contributed by atoms with E-state index >= 15 is 0 Å². The van der Waals surface area contributed by atoms with Crippen LogP contribution in [0.4, 0.5) is 0 Å². The van der Waals surface area contributed by atoms with E-state index in [1.165, 1.54) is 11.3 Å². The van der Waals surface area contributed by atoms with Gasteiger partial charge >= 0.3 is 0 Å². The Balaban J connectivity index is 2.32. The molecule has 0 saturated carbocycles. The molecule has 0 fully saturated rings. The summed E-state index contributed by atoms with van der Waals surface area (Å²) in [5.74, 6) is 0. The molecule has 0 amide bonds. The number of dihydropyridines is 1. The second kappa shape index (κ2) is 2.21. The van der Waals surface area contributed by atoms with Crippen molar-refractivity contribution in [1.29, 1.82) is 0 Å². The molecule has 2 nitrogen and oxygen atoms in total. The molecule has 0 atom stereocenters. The van der Waals surface area contributed by atoms with Gasteiger partial charge in [-0.15, -0.1) is 0 Å². The third-order valence-electron chi connectivity index (χ3n) is 1.69. The molecule has 0 aromatic heterocycles. The highest BCUT2D eigenvalue weighted by Gasteiger charge is 2.07. The summed E-state index contributed by atoms with van der Waals surface area (Å²) < 4.78 is 0. The first kappa shape index (κ1) is 5.59. The molecule has 0 aromatic carbocycles. The zero-order valence-corrected chi connectivity index (χ0v) is 5.67. The molecular weight excluding hydrogens is 124 g/mol. The molecule has 0 aromatic rings. The van der Waals surface area contributed by atoms with Gasteiger partial charge in [-0.2, -0.15) is 0 Å². The van der Waals surface area contributed by atoms with Crippen molar-refractivity contribution in [2.75, 3.05) is 13.1 Å². The molecule has 0 saturated heterocycles. The fourth-order valence-electron chi connectivity index (χ4n) is 1.15. The molecule has 1 radical (unpaired) electrons. The standard InChI is InChI=1S/C8H9N2/c1-2-7-3-5-9-6-8(7)10-4-1/h1-3,5,10H,4,6H2. The average Bonchev–Trinajstić information content (AvgIpc) is 2.05. The number of allylic oxidation sites excluding steroid dienone is 3. The van der Waals surface area contributed by atoms with Gasteiger partial charge in [0.15, 0.2) is 0 Å². The van der Waals surface area contributed by atoms with Crippen LogP contribution in [0.15, 0.2) is 35.7 Å². The van der Waals surface area contributed by atoms with Crippen LogP contribution in [0.3, 0.4) is 0 Å². The summed E-state index contributed by atoms with van der Waals surface area (Å²) in [6.45, 7) is 1.76. The van der Waals surface area contributed by atoms with Gasteiger partial charge < -0.3 is 5.32 Å². The summed E-state index contributed by atoms with van der Waals surface area (Å²) in [6.07, 6.45) is 8.14. The number of rotatable bonds is 0. The minimum atomic E-state index is 0.816. The van der Waals surface area contributed by atoms with Crippen molar-refractivity contribution in [2.45, 2.75) is 0 Å². The Labute approximate surface area is 60.3 Å². The van der Waals surface area contributed by atoms with Crippen molar-refractivity contribution in [3.63, 3.8) is 0 Å². The van der Waals surface area contributed by atoms with E-state index in [4.69, 9.17) is 0 Å². The van der Waals surface area contributed by atoms with Gasteiger partial charge in [0, 0.05) is 18.4 Å². The van der Waals surface area contributed by atoms with Crippen LogP contribution < -0.4 is 10.6 Å². The molecule has 2 heterocycles. The maximum atomic E-state index is 4.13. The lowest BCUT2D eigenvalue weighted by Crippen LogP contribution is -2.25. The minimum absolute atomic E-state index is 0.816. The van der Waals surface area contributed by atoms with Crippen LogP contribution >= 0.6 is 0 Å².